The van der Waals surface area contributed by atoms with E-state index in [9.17, 15) is 4.79 Å². The third-order valence-corrected chi connectivity index (χ3v) is 3.83. The van der Waals surface area contributed by atoms with Gasteiger partial charge in [-0.15, -0.1) is 0 Å². The highest BCUT2D eigenvalue weighted by molar-refractivity contribution is 5.91. The molecule has 25 heavy (non-hydrogen) atoms. The minimum atomic E-state index is -0.0293. The lowest BCUT2D eigenvalue weighted by Crippen LogP contribution is -2.28. The molecule has 0 saturated carbocycles. The lowest BCUT2D eigenvalue weighted by atomic mass is 10.1. The summed E-state index contributed by atoms with van der Waals surface area (Å²) in [5.74, 6) is -0.0293. The Kier molecular flexibility index (Phi) is 5.73. The van der Waals surface area contributed by atoms with Crippen molar-refractivity contribution in [1.82, 2.24) is 9.88 Å². The van der Waals surface area contributed by atoms with Gasteiger partial charge in [-0.3, -0.25) is 9.78 Å². The fourth-order valence-corrected chi connectivity index (χ4v) is 2.56. The standard InChI is InChI=1S/C22H20N2O/c25-22(15-14-21-13-7-8-16-23-21)24(17-19-9-3-1-4-10-19)18-20-11-5-2-6-12-20/h1-16H,17-18H2/b15-14-. The topological polar surface area (TPSA) is 33.2 Å². The lowest BCUT2D eigenvalue weighted by Gasteiger charge is -2.21. The first-order chi connectivity index (χ1) is 12.3. The Hall–Kier alpha value is -3.20. The smallest absolute Gasteiger partial charge is 0.247 e. The van der Waals surface area contributed by atoms with Gasteiger partial charge in [0.2, 0.25) is 5.91 Å². The van der Waals surface area contributed by atoms with Gasteiger partial charge >= 0.3 is 0 Å². The summed E-state index contributed by atoms with van der Waals surface area (Å²) in [6.45, 7) is 1.14. The van der Waals surface area contributed by atoms with E-state index in [-0.39, 0.29) is 5.91 Å². The highest BCUT2D eigenvalue weighted by Crippen LogP contribution is 2.11. The summed E-state index contributed by atoms with van der Waals surface area (Å²) < 4.78 is 0. The Morgan fingerprint density at radius 2 is 1.36 bits per heavy atom. The summed E-state index contributed by atoms with van der Waals surface area (Å²) in [7, 11) is 0. The zero-order valence-electron chi connectivity index (χ0n) is 14.0. The van der Waals surface area contributed by atoms with Crippen molar-refractivity contribution < 1.29 is 4.79 Å². The number of hydrogen-bond acceptors (Lipinski definition) is 2. The Morgan fingerprint density at radius 3 is 1.88 bits per heavy atom. The molecule has 0 saturated heterocycles. The minimum Gasteiger partial charge on any atom is -0.331 e. The largest absolute Gasteiger partial charge is 0.331 e. The molecule has 124 valence electrons. The number of pyridine rings is 1. The zero-order chi connectivity index (χ0) is 17.3. The quantitative estimate of drug-likeness (QED) is 0.631. The van der Waals surface area contributed by atoms with E-state index in [1.165, 1.54) is 0 Å². The summed E-state index contributed by atoms with van der Waals surface area (Å²) in [5, 5.41) is 0. The Balaban J connectivity index is 1.77. The molecule has 0 radical (unpaired) electrons. The molecule has 3 aromatic rings. The Labute approximate surface area is 148 Å². The van der Waals surface area contributed by atoms with Gasteiger partial charge < -0.3 is 4.90 Å². The lowest BCUT2D eigenvalue weighted by molar-refractivity contribution is -0.127. The van der Waals surface area contributed by atoms with Crippen LogP contribution in [0.1, 0.15) is 16.8 Å². The van der Waals surface area contributed by atoms with E-state index in [0.717, 1.165) is 16.8 Å². The second-order valence-corrected chi connectivity index (χ2v) is 5.75. The Morgan fingerprint density at radius 1 is 0.800 bits per heavy atom. The van der Waals surface area contributed by atoms with E-state index >= 15 is 0 Å². The molecule has 2 aromatic carbocycles. The van der Waals surface area contributed by atoms with Gasteiger partial charge in [0.05, 0.1) is 5.69 Å². The van der Waals surface area contributed by atoms with Crippen molar-refractivity contribution in [2.45, 2.75) is 13.1 Å². The van der Waals surface area contributed by atoms with E-state index in [0.29, 0.717) is 13.1 Å². The predicted octanol–water partition coefficient (Wildman–Crippen LogP) is 4.32. The highest BCUT2D eigenvalue weighted by atomic mass is 16.2. The van der Waals surface area contributed by atoms with Crippen LogP contribution in [0.5, 0.6) is 0 Å². The van der Waals surface area contributed by atoms with Gasteiger partial charge in [-0.2, -0.15) is 0 Å². The number of amides is 1. The molecule has 0 aliphatic rings. The van der Waals surface area contributed by atoms with Gasteiger partial charge in [0.1, 0.15) is 0 Å². The summed E-state index contributed by atoms with van der Waals surface area (Å²) in [6.07, 6.45) is 5.06. The molecule has 1 amide bonds. The van der Waals surface area contributed by atoms with Crippen molar-refractivity contribution in [3.8, 4) is 0 Å². The van der Waals surface area contributed by atoms with Crippen LogP contribution in [-0.4, -0.2) is 15.8 Å². The summed E-state index contributed by atoms with van der Waals surface area (Å²) in [5.41, 5.74) is 2.99. The summed E-state index contributed by atoms with van der Waals surface area (Å²) in [6, 6.07) is 25.7. The van der Waals surface area contributed by atoms with Gasteiger partial charge in [0.25, 0.3) is 0 Å². The number of carbonyl (C=O) groups excluding carboxylic acids is 1. The number of rotatable bonds is 6. The molecule has 0 bridgehead atoms. The maximum Gasteiger partial charge on any atom is 0.247 e. The molecule has 0 aliphatic carbocycles. The fraction of sp³-hybridized carbons (Fsp3) is 0.0909. The van der Waals surface area contributed by atoms with Gasteiger partial charge in [0, 0.05) is 25.4 Å². The average Bonchev–Trinajstić information content (AvgIpc) is 2.68. The fourth-order valence-electron chi connectivity index (χ4n) is 2.56. The van der Waals surface area contributed by atoms with Crippen LogP contribution in [0, 0.1) is 0 Å². The van der Waals surface area contributed by atoms with Gasteiger partial charge in [-0.05, 0) is 29.3 Å². The first-order valence-electron chi connectivity index (χ1n) is 8.27. The molecule has 0 aliphatic heterocycles. The van der Waals surface area contributed by atoms with E-state index in [4.69, 9.17) is 0 Å². The summed E-state index contributed by atoms with van der Waals surface area (Å²) >= 11 is 0. The molecule has 1 heterocycles. The average molecular weight is 328 g/mol. The molecule has 0 fully saturated rings. The number of carbonyl (C=O) groups is 1. The molecular weight excluding hydrogens is 308 g/mol. The van der Waals surface area contributed by atoms with Crippen LogP contribution in [0.15, 0.2) is 91.1 Å². The van der Waals surface area contributed by atoms with Crippen molar-refractivity contribution in [3.63, 3.8) is 0 Å². The van der Waals surface area contributed by atoms with Crippen LogP contribution >= 0.6 is 0 Å². The third kappa shape index (κ3) is 5.15. The minimum absolute atomic E-state index is 0.0293. The normalized spacial score (nSPS) is 10.7. The number of hydrogen-bond donors (Lipinski definition) is 0. The highest BCUT2D eigenvalue weighted by Gasteiger charge is 2.12. The van der Waals surface area contributed by atoms with Crippen LogP contribution in [0.3, 0.4) is 0 Å². The third-order valence-electron chi connectivity index (χ3n) is 3.83. The van der Waals surface area contributed by atoms with Gasteiger partial charge in [0.15, 0.2) is 0 Å². The number of aromatic nitrogens is 1. The number of nitrogens with zero attached hydrogens (tertiary/aromatic N) is 2. The first-order valence-corrected chi connectivity index (χ1v) is 8.27. The van der Waals surface area contributed by atoms with Crippen molar-refractivity contribution in [2.24, 2.45) is 0 Å². The first kappa shape index (κ1) is 16.7. The van der Waals surface area contributed by atoms with Crippen molar-refractivity contribution in [1.29, 1.82) is 0 Å². The predicted molar refractivity (Wildman–Crippen MR) is 100 cm³/mol. The van der Waals surface area contributed by atoms with Crippen LogP contribution in [0.25, 0.3) is 6.08 Å². The maximum absolute atomic E-state index is 12.7. The zero-order valence-corrected chi connectivity index (χ0v) is 14.0. The van der Waals surface area contributed by atoms with Crippen LogP contribution < -0.4 is 0 Å². The monoisotopic (exact) mass is 328 g/mol. The Bertz CT molecular complexity index is 773. The number of benzene rings is 2. The summed E-state index contributed by atoms with van der Waals surface area (Å²) in [4.78, 5) is 18.8. The van der Waals surface area contributed by atoms with E-state index in [1.807, 2.05) is 83.8 Å². The van der Waals surface area contributed by atoms with Crippen molar-refractivity contribution >= 4 is 12.0 Å². The maximum atomic E-state index is 12.7. The molecule has 1 aromatic heterocycles. The second-order valence-electron chi connectivity index (χ2n) is 5.75. The molecule has 0 N–H and O–H groups in total. The van der Waals surface area contributed by atoms with E-state index < -0.39 is 0 Å². The molecule has 3 nitrogen and oxygen atoms in total. The molecule has 0 unspecified atom stereocenters. The van der Waals surface area contributed by atoms with Crippen molar-refractivity contribution in [2.75, 3.05) is 0 Å². The second kappa shape index (κ2) is 8.60. The van der Waals surface area contributed by atoms with E-state index in [2.05, 4.69) is 4.98 Å². The van der Waals surface area contributed by atoms with Gasteiger partial charge in [-0.25, -0.2) is 0 Å². The van der Waals surface area contributed by atoms with Crippen LogP contribution in [0.2, 0.25) is 0 Å². The van der Waals surface area contributed by atoms with Crippen molar-refractivity contribution in [3.05, 3.63) is 108 Å². The molecule has 3 heteroatoms. The van der Waals surface area contributed by atoms with Gasteiger partial charge in [-0.1, -0.05) is 66.7 Å². The molecule has 0 spiro atoms. The molecule has 0 atom stereocenters. The SMILES string of the molecule is O=C(/C=C\c1ccccn1)N(Cc1ccccc1)Cc1ccccc1. The van der Waals surface area contributed by atoms with Crippen LogP contribution in [-0.2, 0) is 17.9 Å². The molecular formula is C22H20N2O. The van der Waals surface area contributed by atoms with Crippen LogP contribution in [0.4, 0.5) is 0 Å². The molecule has 3 rings (SSSR count). The van der Waals surface area contributed by atoms with E-state index in [1.54, 1.807) is 18.3 Å².